The monoisotopic (exact) mass is 664 g/mol. The van der Waals surface area contributed by atoms with Gasteiger partial charge in [-0.3, -0.25) is 4.98 Å². The van der Waals surface area contributed by atoms with E-state index >= 15 is 0 Å². The lowest BCUT2D eigenvalue weighted by Gasteiger charge is -2.21. The average molecular weight is 665 g/mol. The normalized spacial score (nSPS) is 21.0. The number of nitrogens with one attached hydrogen (secondary N) is 2. The van der Waals surface area contributed by atoms with Gasteiger partial charge in [0.2, 0.25) is 5.95 Å². The van der Waals surface area contributed by atoms with Crippen molar-refractivity contribution in [2.75, 3.05) is 22.6 Å². The first-order valence-corrected chi connectivity index (χ1v) is 17.4. The minimum Gasteiger partial charge on any atom is -0.393 e. The van der Waals surface area contributed by atoms with Crippen molar-refractivity contribution in [3.8, 4) is 10.6 Å². The highest BCUT2D eigenvalue weighted by molar-refractivity contribution is 7.90. The molecule has 15 heteroatoms. The molecule has 4 aromatic rings. The van der Waals surface area contributed by atoms with Crippen LogP contribution in [0.5, 0.6) is 0 Å². The van der Waals surface area contributed by atoms with Gasteiger partial charge < -0.3 is 15.7 Å². The molecule has 0 bridgehead atoms. The molecule has 2 saturated carbocycles. The van der Waals surface area contributed by atoms with Gasteiger partial charge in [-0.15, -0.1) is 11.3 Å². The van der Waals surface area contributed by atoms with E-state index in [4.69, 9.17) is 4.98 Å². The maximum Gasteiger partial charge on any atom is 0.225 e. The lowest BCUT2D eigenvalue weighted by Crippen LogP contribution is -2.22. The Hall–Kier alpha value is -3.43. The predicted octanol–water partition coefficient (Wildman–Crippen LogP) is 5.97. The highest BCUT2D eigenvalue weighted by Crippen LogP contribution is 2.45. The Morgan fingerprint density at radius 3 is 2.38 bits per heavy atom. The number of benzene rings is 1. The highest BCUT2D eigenvalue weighted by Gasteiger charge is 2.36. The number of hydrogen-bond acceptors (Lipinski definition) is 10. The second kappa shape index (κ2) is 11.7. The summed E-state index contributed by atoms with van der Waals surface area (Å²) in [6.07, 6.45) is 4.72. The molecule has 0 saturated heterocycles. The third-order valence-electron chi connectivity index (χ3n) is 8.41. The molecule has 2 aliphatic rings. The van der Waals surface area contributed by atoms with E-state index in [-0.39, 0.29) is 24.2 Å². The number of fused-ring (bicyclic) bond motifs is 1. The topological polar surface area (TPSA) is 130 Å². The highest BCUT2D eigenvalue weighted by atomic mass is 32.2. The van der Waals surface area contributed by atoms with Crippen LogP contribution in [0.25, 0.3) is 20.8 Å². The number of pyridine rings is 1. The second-order valence-electron chi connectivity index (χ2n) is 12.1. The number of halogens is 4. The summed E-state index contributed by atoms with van der Waals surface area (Å²) < 4.78 is 83.1. The molecule has 3 N–H and O–H groups in total. The number of anilines is 2. The van der Waals surface area contributed by atoms with Crippen molar-refractivity contribution in [1.29, 1.82) is 0 Å². The first-order chi connectivity index (χ1) is 21.2. The molecule has 3 aromatic heterocycles. The predicted molar refractivity (Wildman–Crippen MR) is 164 cm³/mol. The van der Waals surface area contributed by atoms with E-state index in [0.717, 1.165) is 41.9 Å². The molecule has 4 atom stereocenters. The van der Waals surface area contributed by atoms with Crippen molar-refractivity contribution in [3.05, 3.63) is 58.0 Å². The Morgan fingerprint density at radius 2 is 1.73 bits per heavy atom. The SMILES string of the molecule is Cc1nc(NC(C)c2c(F)c(F)c(C)c(F)c2F)nc(NC2CC(O)C(CS(C)(=O)=O)C2)c1-c1nc2c(C3CC3)nccc2s1. The number of hydrogen-bond donors (Lipinski definition) is 3. The summed E-state index contributed by atoms with van der Waals surface area (Å²) in [6, 6.07) is 0.253. The fourth-order valence-electron chi connectivity index (χ4n) is 6.02. The molecule has 2 aliphatic carbocycles. The van der Waals surface area contributed by atoms with Crippen LogP contribution in [0.4, 0.5) is 29.3 Å². The van der Waals surface area contributed by atoms with E-state index in [9.17, 15) is 31.1 Å². The summed E-state index contributed by atoms with van der Waals surface area (Å²) in [4.78, 5) is 18.6. The van der Waals surface area contributed by atoms with E-state index in [1.54, 1.807) is 13.1 Å². The van der Waals surface area contributed by atoms with Crippen LogP contribution in [-0.4, -0.2) is 57.6 Å². The molecule has 240 valence electrons. The van der Waals surface area contributed by atoms with Crippen LogP contribution in [0.15, 0.2) is 12.3 Å². The zero-order valence-corrected chi connectivity index (χ0v) is 26.6. The maximum absolute atomic E-state index is 14.8. The molecule has 45 heavy (non-hydrogen) atoms. The van der Waals surface area contributed by atoms with Crippen LogP contribution < -0.4 is 10.6 Å². The molecule has 6 rings (SSSR count). The number of nitrogens with zero attached hydrogens (tertiary/aromatic N) is 4. The number of rotatable bonds is 9. The van der Waals surface area contributed by atoms with E-state index in [2.05, 4.69) is 25.6 Å². The average Bonchev–Trinajstić information content (AvgIpc) is 3.63. The molecular formula is C30H32F4N6O3S2. The van der Waals surface area contributed by atoms with Crippen molar-refractivity contribution in [2.24, 2.45) is 5.92 Å². The van der Waals surface area contributed by atoms with Gasteiger partial charge in [0, 0.05) is 35.9 Å². The summed E-state index contributed by atoms with van der Waals surface area (Å²) in [5, 5.41) is 17.3. The van der Waals surface area contributed by atoms with Crippen molar-refractivity contribution in [2.45, 2.75) is 70.6 Å². The van der Waals surface area contributed by atoms with Gasteiger partial charge in [0.05, 0.1) is 45.1 Å². The van der Waals surface area contributed by atoms with Crippen LogP contribution >= 0.6 is 11.3 Å². The lowest BCUT2D eigenvalue weighted by molar-refractivity contribution is 0.142. The number of aryl methyl sites for hydroxylation is 1. The first kappa shape index (κ1) is 31.5. The molecule has 2 fully saturated rings. The molecule has 9 nitrogen and oxygen atoms in total. The summed E-state index contributed by atoms with van der Waals surface area (Å²) >= 11 is 1.43. The lowest BCUT2D eigenvalue weighted by atomic mass is 10.0. The third kappa shape index (κ3) is 6.21. The number of thiazole rings is 1. The second-order valence-corrected chi connectivity index (χ2v) is 15.3. The van der Waals surface area contributed by atoms with Gasteiger partial charge in [-0.25, -0.2) is 35.9 Å². The molecule has 4 unspecified atom stereocenters. The van der Waals surface area contributed by atoms with Crippen LogP contribution in [0.2, 0.25) is 0 Å². The standard InChI is InChI=1S/C30H32F4N6O3S2/c1-12-22(31)24(33)20(25(34)23(12)32)13(2)36-30-37-14(3)21(29-39-27-19(44-29)7-8-35-26(27)15-5-6-15)28(40-30)38-17-9-16(18(41)10-17)11-45(4,42)43/h7-8,13,15-18,41H,5-6,9-11H2,1-4H3,(H2,36,37,38,40). The van der Waals surface area contributed by atoms with Gasteiger partial charge in [0.25, 0.3) is 0 Å². The minimum absolute atomic E-state index is 0.0703. The van der Waals surface area contributed by atoms with Gasteiger partial charge >= 0.3 is 0 Å². The van der Waals surface area contributed by atoms with E-state index < -0.39 is 62.3 Å². The Morgan fingerprint density at radius 1 is 1.04 bits per heavy atom. The minimum atomic E-state index is -3.33. The summed E-state index contributed by atoms with van der Waals surface area (Å²) in [6.45, 7) is 4.00. The number of aromatic nitrogens is 4. The van der Waals surface area contributed by atoms with Gasteiger partial charge in [0.1, 0.15) is 26.2 Å². The van der Waals surface area contributed by atoms with Crippen molar-refractivity contribution < 1.29 is 31.1 Å². The number of aliphatic hydroxyl groups excluding tert-OH is 1. The first-order valence-electron chi connectivity index (χ1n) is 14.6. The summed E-state index contributed by atoms with van der Waals surface area (Å²) in [5.74, 6) is -6.03. The zero-order valence-electron chi connectivity index (χ0n) is 25.0. The molecular weight excluding hydrogens is 632 g/mol. The molecule has 0 radical (unpaired) electrons. The Balaban J connectivity index is 1.39. The Kier molecular flexibility index (Phi) is 8.23. The van der Waals surface area contributed by atoms with Crippen LogP contribution in [0.3, 0.4) is 0 Å². The molecule has 0 spiro atoms. The fourth-order valence-corrected chi connectivity index (χ4v) is 8.22. The van der Waals surface area contributed by atoms with Crippen molar-refractivity contribution in [3.63, 3.8) is 0 Å². The fraction of sp³-hybridized carbons (Fsp3) is 0.467. The zero-order chi connectivity index (χ0) is 32.4. The number of sulfone groups is 1. The van der Waals surface area contributed by atoms with E-state index in [1.807, 2.05) is 6.07 Å². The van der Waals surface area contributed by atoms with Crippen molar-refractivity contribution in [1.82, 2.24) is 19.9 Å². The largest absolute Gasteiger partial charge is 0.393 e. The summed E-state index contributed by atoms with van der Waals surface area (Å²) in [5.41, 5.74) is 1.15. The van der Waals surface area contributed by atoms with E-state index in [0.29, 0.717) is 34.4 Å². The van der Waals surface area contributed by atoms with Crippen molar-refractivity contribution >= 4 is 43.2 Å². The van der Waals surface area contributed by atoms with Crippen LogP contribution in [0, 0.1) is 43.0 Å². The third-order valence-corrected chi connectivity index (χ3v) is 10.5. The van der Waals surface area contributed by atoms with Gasteiger partial charge in [-0.05, 0) is 52.5 Å². The van der Waals surface area contributed by atoms with Crippen LogP contribution in [0.1, 0.15) is 67.1 Å². The molecule has 1 aromatic carbocycles. The van der Waals surface area contributed by atoms with Crippen LogP contribution in [-0.2, 0) is 9.84 Å². The maximum atomic E-state index is 14.8. The molecule has 0 aliphatic heterocycles. The number of aliphatic hydroxyl groups is 1. The molecule has 3 heterocycles. The summed E-state index contributed by atoms with van der Waals surface area (Å²) in [7, 11) is -3.33. The smallest absolute Gasteiger partial charge is 0.225 e. The van der Waals surface area contributed by atoms with E-state index in [1.165, 1.54) is 18.3 Å². The Labute approximate surface area is 261 Å². The quantitative estimate of drug-likeness (QED) is 0.146. The molecule has 0 amide bonds. The van der Waals surface area contributed by atoms with Gasteiger partial charge in [-0.1, -0.05) is 0 Å². The van der Waals surface area contributed by atoms with Gasteiger partial charge in [-0.2, -0.15) is 4.98 Å². The van der Waals surface area contributed by atoms with Gasteiger partial charge in [0.15, 0.2) is 23.3 Å². The Bertz CT molecular complexity index is 1890.